The van der Waals surface area contributed by atoms with Crippen molar-refractivity contribution in [1.82, 2.24) is 4.90 Å². The highest BCUT2D eigenvalue weighted by molar-refractivity contribution is 5.83. The molecule has 4 nitrogen and oxygen atoms in total. The molecule has 0 spiro atoms. The Morgan fingerprint density at radius 1 is 1.83 bits per heavy atom. The molecule has 1 aliphatic heterocycles. The summed E-state index contributed by atoms with van der Waals surface area (Å²) in [6.45, 7) is 3.64. The monoisotopic (exact) mass is 171 g/mol. The Morgan fingerprint density at radius 2 is 2.50 bits per heavy atom. The number of likely N-dealkylation sites (tertiary alicyclic amines) is 1. The second-order valence-electron chi connectivity index (χ2n) is 2.86. The van der Waals surface area contributed by atoms with Crippen LogP contribution in [0.5, 0.6) is 0 Å². The number of aliphatic hydroxyl groups excluding tert-OH is 2. The van der Waals surface area contributed by atoms with Crippen molar-refractivity contribution in [1.29, 1.82) is 0 Å². The summed E-state index contributed by atoms with van der Waals surface area (Å²) >= 11 is 0. The zero-order valence-corrected chi connectivity index (χ0v) is 6.81. The van der Waals surface area contributed by atoms with Crippen molar-refractivity contribution in [3.63, 3.8) is 0 Å². The van der Waals surface area contributed by atoms with Crippen molar-refractivity contribution in [3.8, 4) is 0 Å². The predicted octanol–water partition coefficient (Wildman–Crippen LogP) is -0.874. The number of aliphatic hydroxyl groups is 2. The van der Waals surface area contributed by atoms with Crippen LogP contribution < -0.4 is 0 Å². The topological polar surface area (TPSA) is 60.8 Å². The third-order valence-electron chi connectivity index (χ3n) is 2.06. The maximum absolute atomic E-state index is 10.9. The summed E-state index contributed by atoms with van der Waals surface area (Å²) in [5.41, 5.74) is 0. The summed E-state index contributed by atoms with van der Waals surface area (Å²) in [5, 5.41) is 17.8. The fourth-order valence-electron chi connectivity index (χ4n) is 1.32. The van der Waals surface area contributed by atoms with Gasteiger partial charge in [-0.2, -0.15) is 0 Å². The van der Waals surface area contributed by atoms with Gasteiger partial charge >= 0.3 is 0 Å². The van der Waals surface area contributed by atoms with Gasteiger partial charge in [0, 0.05) is 13.0 Å². The first-order valence-corrected chi connectivity index (χ1v) is 3.90. The van der Waals surface area contributed by atoms with E-state index in [9.17, 15) is 9.90 Å². The Morgan fingerprint density at radius 3 is 2.92 bits per heavy atom. The normalized spacial score (nSPS) is 25.0. The molecule has 1 rings (SSSR count). The first kappa shape index (κ1) is 9.22. The Bertz CT molecular complexity index is 193. The second-order valence-corrected chi connectivity index (χ2v) is 2.86. The van der Waals surface area contributed by atoms with Crippen LogP contribution in [0.4, 0.5) is 0 Å². The summed E-state index contributed by atoms with van der Waals surface area (Å²) in [6.07, 6.45) is 1.12. The van der Waals surface area contributed by atoms with Crippen LogP contribution in [0.15, 0.2) is 12.7 Å². The van der Waals surface area contributed by atoms with Crippen molar-refractivity contribution in [3.05, 3.63) is 12.7 Å². The highest BCUT2D eigenvalue weighted by atomic mass is 16.3. The van der Waals surface area contributed by atoms with Gasteiger partial charge in [-0.1, -0.05) is 6.08 Å². The predicted molar refractivity (Wildman–Crippen MR) is 43.4 cm³/mol. The van der Waals surface area contributed by atoms with Gasteiger partial charge in [0.25, 0.3) is 0 Å². The van der Waals surface area contributed by atoms with E-state index in [2.05, 4.69) is 6.58 Å². The van der Waals surface area contributed by atoms with Gasteiger partial charge in [-0.25, -0.2) is 0 Å². The van der Waals surface area contributed by atoms with Crippen LogP contribution in [0.1, 0.15) is 6.42 Å². The smallest absolute Gasteiger partial charge is 0.225 e. The van der Waals surface area contributed by atoms with Crippen LogP contribution in [-0.2, 0) is 4.79 Å². The molecule has 1 aliphatic rings. The highest BCUT2D eigenvalue weighted by Gasteiger charge is 2.39. The number of amides is 1. The lowest BCUT2D eigenvalue weighted by molar-refractivity contribution is -0.152. The van der Waals surface area contributed by atoms with Crippen molar-refractivity contribution >= 4 is 5.91 Å². The summed E-state index contributed by atoms with van der Waals surface area (Å²) < 4.78 is 0. The molecule has 0 aromatic heterocycles. The molecule has 0 radical (unpaired) electrons. The molecule has 68 valence electrons. The minimum Gasteiger partial charge on any atom is -0.394 e. The van der Waals surface area contributed by atoms with E-state index in [1.165, 1.54) is 4.90 Å². The summed E-state index contributed by atoms with van der Waals surface area (Å²) in [4.78, 5) is 12.4. The third kappa shape index (κ3) is 1.49. The van der Waals surface area contributed by atoms with Crippen LogP contribution in [0.2, 0.25) is 0 Å². The Kier molecular flexibility index (Phi) is 2.83. The van der Waals surface area contributed by atoms with Crippen LogP contribution in [0.25, 0.3) is 0 Å². The van der Waals surface area contributed by atoms with Gasteiger partial charge in [0.05, 0.1) is 18.8 Å². The molecule has 2 atom stereocenters. The molecule has 2 N–H and O–H groups in total. The first-order valence-electron chi connectivity index (χ1n) is 3.90. The number of carbonyl (C=O) groups excluding carboxylic acids is 1. The number of rotatable bonds is 4. The van der Waals surface area contributed by atoms with E-state index in [-0.39, 0.29) is 18.6 Å². The molecule has 0 saturated carbocycles. The maximum Gasteiger partial charge on any atom is 0.225 e. The minimum atomic E-state index is -0.817. The minimum absolute atomic E-state index is 0.00685. The van der Waals surface area contributed by atoms with E-state index in [0.29, 0.717) is 13.0 Å². The SMILES string of the molecule is C=CCN1C(=O)C[C@H]1[C@@H](O)CO. The average molecular weight is 171 g/mol. The summed E-state index contributed by atoms with van der Waals surface area (Å²) in [6, 6.07) is -0.222. The van der Waals surface area contributed by atoms with Crippen LogP contribution >= 0.6 is 0 Å². The van der Waals surface area contributed by atoms with Gasteiger partial charge in [-0.15, -0.1) is 6.58 Å². The van der Waals surface area contributed by atoms with Crippen molar-refractivity contribution < 1.29 is 15.0 Å². The van der Waals surface area contributed by atoms with Gasteiger partial charge in [0.15, 0.2) is 0 Å². The lowest BCUT2D eigenvalue weighted by Gasteiger charge is -2.41. The van der Waals surface area contributed by atoms with Gasteiger partial charge in [0.1, 0.15) is 0 Å². The van der Waals surface area contributed by atoms with Gasteiger partial charge < -0.3 is 15.1 Å². The molecule has 1 fully saturated rings. The Hall–Kier alpha value is -0.870. The molecule has 4 heteroatoms. The molecule has 0 aromatic carbocycles. The average Bonchev–Trinajstić information content (AvgIpc) is 2.09. The lowest BCUT2D eigenvalue weighted by atomic mass is 9.96. The number of hydrogen-bond donors (Lipinski definition) is 2. The molecular formula is C8H13NO3. The molecule has 1 saturated heterocycles. The lowest BCUT2D eigenvalue weighted by Crippen LogP contribution is -2.58. The quantitative estimate of drug-likeness (QED) is 0.427. The summed E-state index contributed by atoms with van der Waals surface area (Å²) in [7, 11) is 0. The first-order chi connectivity index (χ1) is 5.70. The largest absolute Gasteiger partial charge is 0.394 e. The molecule has 12 heavy (non-hydrogen) atoms. The van der Waals surface area contributed by atoms with Gasteiger partial charge in [0.2, 0.25) is 5.91 Å². The van der Waals surface area contributed by atoms with E-state index in [0.717, 1.165) is 0 Å². The highest BCUT2D eigenvalue weighted by Crippen LogP contribution is 2.21. The van der Waals surface area contributed by atoms with Crippen molar-refractivity contribution in [2.24, 2.45) is 0 Å². The van der Waals surface area contributed by atoms with Crippen LogP contribution in [0, 0.1) is 0 Å². The molecule has 1 amide bonds. The van der Waals surface area contributed by atoms with E-state index in [1.807, 2.05) is 0 Å². The number of hydrogen-bond acceptors (Lipinski definition) is 3. The Labute approximate surface area is 71.1 Å². The molecule has 0 aliphatic carbocycles. The van der Waals surface area contributed by atoms with E-state index in [4.69, 9.17) is 5.11 Å². The molecule has 0 bridgehead atoms. The molecule has 1 heterocycles. The standard InChI is InChI=1S/C8H13NO3/c1-2-3-9-6(4-8(9)12)7(11)5-10/h2,6-7,10-11H,1,3-5H2/t6-,7-/m0/s1. The number of β-lactam (4-membered cyclic amide) rings is 1. The zero-order valence-electron chi connectivity index (χ0n) is 6.81. The van der Waals surface area contributed by atoms with Crippen molar-refractivity contribution in [2.75, 3.05) is 13.2 Å². The van der Waals surface area contributed by atoms with Gasteiger partial charge in [-0.05, 0) is 0 Å². The fraction of sp³-hybridized carbons (Fsp3) is 0.625. The summed E-state index contributed by atoms with van der Waals surface area (Å²) in [5.74, 6) is 0.00685. The van der Waals surface area contributed by atoms with Crippen LogP contribution in [-0.4, -0.2) is 46.3 Å². The molecule has 0 unspecified atom stereocenters. The van der Waals surface area contributed by atoms with E-state index < -0.39 is 6.10 Å². The zero-order chi connectivity index (χ0) is 9.14. The molecular weight excluding hydrogens is 158 g/mol. The molecule has 0 aromatic rings. The third-order valence-corrected chi connectivity index (χ3v) is 2.06. The maximum atomic E-state index is 10.9. The van der Waals surface area contributed by atoms with Crippen LogP contribution in [0.3, 0.4) is 0 Å². The fourth-order valence-corrected chi connectivity index (χ4v) is 1.32. The van der Waals surface area contributed by atoms with Crippen molar-refractivity contribution in [2.45, 2.75) is 18.6 Å². The van der Waals surface area contributed by atoms with E-state index >= 15 is 0 Å². The number of carbonyl (C=O) groups is 1. The number of nitrogens with zero attached hydrogens (tertiary/aromatic N) is 1. The Balaban J connectivity index is 2.47. The second kappa shape index (κ2) is 3.69. The van der Waals surface area contributed by atoms with Gasteiger partial charge in [-0.3, -0.25) is 4.79 Å². The van der Waals surface area contributed by atoms with E-state index in [1.54, 1.807) is 6.08 Å².